The molecule has 11 heteroatoms. The predicted octanol–water partition coefficient (Wildman–Crippen LogP) is 4.83. The van der Waals surface area contributed by atoms with Crippen LogP contribution in [-0.4, -0.2) is 65.5 Å². The van der Waals surface area contributed by atoms with Crippen molar-refractivity contribution in [1.29, 1.82) is 0 Å². The molecule has 1 aromatic carbocycles. The highest BCUT2D eigenvalue weighted by molar-refractivity contribution is 7.92. The summed E-state index contributed by atoms with van der Waals surface area (Å²) < 4.78 is 48.7. The molecule has 2 aromatic rings. The van der Waals surface area contributed by atoms with Crippen molar-refractivity contribution in [3.05, 3.63) is 30.1 Å². The average molecular weight is 546 g/mol. The van der Waals surface area contributed by atoms with Crippen molar-refractivity contribution >= 4 is 15.9 Å². The molecule has 2 aliphatic heterocycles. The van der Waals surface area contributed by atoms with Gasteiger partial charge in [0.2, 0.25) is 11.8 Å². The Bertz CT molecular complexity index is 1310. The highest BCUT2D eigenvalue weighted by atomic mass is 32.2. The van der Waals surface area contributed by atoms with Crippen LogP contribution in [0.1, 0.15) is 64.9 Å². The van der Waals surface area contributed by atoms with Crippen molar-refractivity contribution in [3.63, 3.8) is 0 Å². The number of carbonyl (C=O) groups excluding carboxylic acids is 1. The van der Waals surface area contributed by atoms with Crippen molar-refractivity contribution < 1.29 is 32.2 Å². The summed E-state index contributed by atoms with van der Waals surface area (Å²) in [6.45, 7) is 7.44. The Balaban J connectivity index is 1.29. The van der Waals surface area contributed by atoms with Crippen LogP contribution in [0.5, 0.6) is 23.3 Å². The first-order chi connectivity index (χ1) is 18.0. The first-order valence-electron chi connectivity index (χ1n) is 13.1. The van der Waals surface area contributed by atoms with E-state index in [4.69, 9.17) is 18.9 Å². The molecule has 3 heterocycles. The number of amides is 1. The van der Waals surface area contributed by atoms with Crippen LogP contribution in [0.25, 0.3) is 0 Å². The van der Waals surface area contributed by atoms with Crippen molar-refractivity contribution in [2.45, 2.75) is 100 Å². The number of sulfone groups is 1. The van der Waals surface area contributed by atoms with Gasteiger partial charge in [0.05, 0.1) is 22.8 Å². The molecule has 2 bridgehead atoms. The summed E-state index contributed by atoms with van der Waals surface area (Å²) >= 11 is 0. The van der Waals surface area contributed by atoms with E-state index in [9.17, 15) is 13.2 Å². The normalized spacial score (nSPS) is 23.2. The highest BCUT2D eigenvalue weighted by Gasteiger charge is 2.46. The largest absolute Gasteiger partial charge is 0.493 e. The Labute approximate surface area is 223 Å². The maximum atomic E-state index is 12.8. The van der Waals surface area contributed by atoms with Crippen molar-refractivity contribution in [1.82, 2.24) is 14.9 Å². The summed E-state index contributed by atoms with van der Waals surface area (Å²) in [7, 11) is -1.89. The van der Waals surface area contributed by atoms with E-state index in [0.717, 1.165) is 12.8 Å². The molecule has 1 amide bonds. The molecule has 0 radical (unpaired) electrons. The van der Waals surface area contributed by atoms with Crippen molar-refractivity contribution in [3.8, 4) is 23.3 Å². The number of nitrogens with zero attached hydrogens (tertiary/aromatic N) is 3. The summed E-state index contributed by atoms with van der Waals surface area (Å²) in [5.74, 6) is 1.36. The minimum Gasteiger partial charge on any atom is -0.493 e. The van der Waals surface area contributed by atoms with Gasteiger partial charge in [-0.15, -0.1) is 0 Å². The molecule has 1 aliphatic carbocycles. The molecule has 0 spiro atoms. The van der Waals surface area contributed by atoms with E-state index >= 15 is 0 Å². The minimum absolute atomic E-state index is 0.0705. The number of ether oxygens (including phenoxy) is 4. The third-order valence-electron chi connectivity index (χ3n) is 7.20. The molecule has 1 unspecified atom stereocenters. The minimum atomic E-state index is -3.36. The fraction of sp³-hybridized carbons (Fsp3) is 0.593. The smallest absolute Gasteiger partial charge is 0.410 e. The van der Waals surface area contributed by atoms with E-state index in [1.807, 2.05) is 32.6 Å². The van der Waals surface area contributed by atoms with Crippen LogP contribution in [0.3, 0.4) is 0 Å². The van der Waals surface area contributed by atoms with Crippen molar-refractivity contribution in [2.75, 3.05) is 7.11 Å². The third-order valence-corrected chi connectivity index (χ3v) is 9.46. The van der Waals surface area contributed by atoms with Gasteiger partial charge in [-0.25, -0.2) is 23.2 Å². The van der Waals surface area contributed by atoms with Crippen LogP contribution in [0.15, 0.2) is 29.4 Å². The van der Waals surface area contributed by atoms with Gasteiger partial charge in [-0.1, -0.05) is 0 Å². The third kappa shape index (κ3) is 5.39. The number of hydrogen-bond donors (Lipinski definition) is 0. The molecule has 5 rings (SSSR count). The van der Waals surface area contributed by atoms with E-state index in [2.05, 4.69) is 9.97 Å². The highest BCUT2D eigenvalue weighted by Crippen LogP contribution is 2.41. The van der Waals surface area contributed by atoms with E-state index in [0.29, 0.717) is 54.5 Å². The first kappa shape index (κ1) is 26.5. The predicted molar refractivity (Wildman–Crippen MR) is 139 cm³/mol. The van der Waals surface area contributed by atoms with Gasteiger partial charge in [-0.3, -0.25) is 0 Å². The Hall–Kier alpha value is -3.08. The number of rotatable bonds is 7. The SMILES string of the molecule is COc1cc(S(=O)(=O)C2CC2)ccc1Oc1ncnc(O[C@H]2CC3CC[C@@H](C2)N3C(=O)OC(C)(C)C)c1C. The lowest BCUT2D eigenvalue weighted by atomic mass is 10.00. The molecule has 206 valence electrons. The van der Waals surface area contributed by atoms with Gasteiger partial charge in [-0.2, -0.15) is 0 Å². The number of carbonyl (C=O) groups is 1. The van der Waals surface area contributed by atoms with E-state index in [1.54, 1.807) is 6.07 Å². The van der Waals surface area contributed by atoms with Crippen LogP contribution >= 0.6 is 0 Å². The second-order valence-corrected chi connectivity index (χ2v) is 13.5. The summed E-state index contributed by atoms with van der Waals surface area (Å²) in [6.07, 6.45) is 5.62. The Kier molecular flexibility index (Phi) is 6.91. The Morgan fingerprint density at radius 1 is 1.00 bits per heavy atom. The molecule has 3 atom stereocenters. The van der Waals surface area contributed by atoms with E-state index in [1.165, 1.54) is 25.6 Å². The fourth-order valence-electron chi connectivity index (χ4n) is 5.22. The molecule has 10 nitrogen and oxygen atoms in total. The Morgan fingerprint density at radius 2 is 1.66 bits per heavy atom. The summed E-state index contributed by atoms with van der Waals surface area (Å²) in [5, 5.41) is -0.311. The zero-order chi connectivity index (χ0) is 27.2. The molecule has 0 N–H and O–H groups in total. The molecular formula is C27H35N3O7S. The van der Waals surface area contributed by atoms with Gasteiger partial charge in [-0.05, 0) is 65.5 Å². The van der Waals surface area contributed by atoms with Crippen molar-refractivity contribution in [2.24, 2.45) is 0 Å². The van der Waals surface area contributed by atoms with Crippen LogP contribution in [0.2, 0.25) is 0 Å². The molecule has 1 saturated carbocycles. The number of aromatic nitrogens is 2. The number of hydrogen-bond acceptors (Lipinski definition) is 9. The summed E-state index contributed by atoms with van der Waals surface area (Å²) in [5.41, 5.74) is 0.0819. The standard InChI is InChI=1S/C27H35N3O7S/c1-16-24(35-19-12-17-6-7-18(13-19)30(17)26(31)37-27(2,3)4)28-15-29-25(16)36-22-11-10-21(14-23(22)34-5)38(32,33)20-8-9-20/h10-11,14-15,17-20H,6-9,12-13H2,1-5H3/t17-,18?,19+/m0/s1. The maximum absolute atomic E-state index is 12.8. The van der Waals surface area contributed by atoms with Crippen LogP contribution < -0.4 is 14.2 Å². The second kappa shape index (κ2) is 9.91. The maximum Gasteiger partial charge on any atom is 0.410 e. The van der Waals surface area contributed by atoms with Gasteiger partial charge < -0.3 is 23.8 Å². The molecule has 2 saturated heterocycles. The van der Waals surface area contributed by atoms with Crippen LogP contribution in [0.4, 0.5) is 4.79 Å². The average Bonchev–Trinajstić information content (AvgIpc) is 3.66. The lowest BCUT2D eigenvalue weighted by Crippen LogP contribution is -2.50. The molecule has 3 aliphatic rings. The second-order valence-electron chi connectivity index (χ2n) is 11.3. The van der Waals surface area contributed by atoms with E-state index < -0.39 is 15.4 Å². The molecule has 1 aromatic heterocycles. The lowest BCUT2D eigenvalue weighted by Gasteiger charge is -2.39. The fourth-order valence-corrected chi connectivity index (χ4v) is 6.89. The van der Waals surface area contributed by atoms with Gasteiger partial charge in [0, 0.05) is 31.0 Å². The van der Waals surface area contributed by atoms with Crippen LogP contribution in [-0.2, 0) is 14.6 Å². The Morgan fingerprint density at radius 3 is 2.26 bits per heavy atom. The molecular weight excluding hydrogens is 510 g/mol. The lowest BCUT2D eigenvalue weighted by molar-refractivity contribution is -0.00773. The number of piperidine rings is 1. The van der Waals surface area contributed by atoms with E-state index in [-0.39, 0.29) is 34.4 Å². The van der Waals surface area contributed by atoms with Gasteiger partial charge in [0.15, 0.2) is 21.3 Å². The first-order valence-corrected chi connectivity index (χ1v) is 14.6. The zero-order valence-corrected chi connectivity index (χ0v) is 23.3. The number of benzene rings is 1. The number of methoxy groups -OCH3 is 1. The van der Waals surface area contributed by atoms with Gasteiger partial charge >= 0.3 is 6.09 Å². The topological polar surface area (TPSA) is 117 Å². The van der Waals surface area contributed by atoms with Gasteiger partial charge in [0.1, 0.15) is 18.0 Å². The molecule has 3 fully saturated rings. The van der Waals surface area contributed by atoms with Crippen LogP contribution in [0, 0.1) is 6.92 Å². The quantitative estimate of drug-likeness (QED) is 0.482. The summed E-state index contributed by atoms with van der Waals surface area (Å²) in [6, 6.07) is 4.75. The molecule has 38 heavy (non-hydrogen) atoms. The monoisotopic (exact) mass is 545 g/mol. The number of fused-ring (bicyclic) bond motifs is 2. The van der Waals surface area contributed by atoms with Gasteiger partial charge in [0.25, 0.3) is 0 Å². The zero-order valence-electron chi connectivity index (χ0n) is 22.5. The summed E-state index contributed by atoms with van der Waals surface area (Å²) in [4.78, 5) is 23.5.